The largest absolute Gasteiger partial charge is 0.462 e. The quantitative estimate of drug-likeness (QED) is 0.419. The molecular weight excluding hydrogens is 464 g/mol. The molecule has 0 bridgehead atoms. The number of fused-ring (bicyclic) bond motifs is 1. The maximum absolute atomic E-state index is 12.7. The zero-order chi connectivity index (χ0) is 22.0. The molecule has 0 spiro atoms. The summed E-state index contributed by atoms with van der Waals surface area (Å²) in [5, 5.41) is 11.4. The molecule has 0 radical (unpaired) electrons. The molecule has 4 rings (SSSR count). The van der Waals surface area contributed by atoms with Crippen LogP contribution in [0, 0.1) is 0 Å². The molecule has 0 fully saturated rings. The maximum Gasteiger partial charge on any atom is 0.343 e. The molecule has 0 saturated heterocycles. The first kappa shape index (κ1) is 20.7. The molecule has 1 amide bonds. The van der Waals surface area contributed by atoms with E-state index >= 15 is 0 Å². The van der Waals surface area contributed by atoms with Gasteiger partial charge < -0.3 is 10.1 Å². The van der Waals surface area contributed by atoms with Gasteiger partial charge in [-0.2, -0.15) is 10.2 Å². The molecule has 3 heterocycles. The molecule has 31 heavy (non-hydrogen) atoms. The summed E-state index contributed by atoms with van der Waals surface area (Å²) in [5.41, 5.74) is 3.12. The Labute approximate surface area is 186 Å². The fourth-order valence-corrected chi connectivity index (χ4v) is 3.62. The van der Waals surface area contributed by atoms with Gasteiger partial charge >= 0.3 is 5.97 Å². The van der Waals surface area contributed by atoms with Crippen LogP contribution >= 0.6 is 15.9 Å². The van der Waals surface area contributed by atoms with Gasteiger partial charge in [-0.3, -0.25) is 9.48 Å². The fraction of sp³-hybridized carbons (Fsp3) is 0.190. The second-order valence-corrected chi connectivity index (χ2v) is 7.41. The van der Waals surface area contributed by atoms with Gasteiger partial charge in [0.2, 0.25) is 0 Å². The van der Waals surface area contributed by atoms with E-state index in [1.54, 1.807) is 40.6 Å². The Balaban J connectivity index is 1.65. The highest BCUT2D eigenvalue weighted by atomic mass is 79.9. The summed E-state index contributed by atoms with van der Waals surface area (Å²) < 4.78 is 8.96. The van der Waals surface area contributed by atoms with E-state index in [0.717, 1.165) is 5.56 Å². The second kappa shape index (κ2) is 8.68. The van der Waals surface area contributed by atoms with Crippen molar-refractivity contribution in [2.75, 3.05) is 11.9 Å². The lowest BCUT2D eigenvalue weighted by Gasteiger charge is -2.08. The molecule has 0 unspecified atom stereocenters. The predicted molar refractivity (Wildman–Crippen MR) is 118 cm³/mol. The van der Waals surface area contributed by atoms with Crippen molar-refractivity contribution in [1.29, 1.82) is 0 Å². The number of benzene rings is 1. The molecule has 0 aliphatic carbocycles. The minimum atomic E-state index is -0.472. The Hall–Kier alpha value is -3.53. The number of aromatic nitrogens is 5. The third-order valence-corrected chi connectivity index (χ3v) is 5.15. The summed E-state index contributed by atoms with van der Waals surface area (Å²) >= 11 is 3.37. The Morgan fingerprint density at radius 1 is 1.23 bits per heavy atom. The molecule has 0 aliphatic heterocycles. The number of amides is 1. The van der Waals surface area contributed by atoms with Crippen molar-refractivity contribution in [2.24, 2.45) is 0 Å². The highest BCUT2D eigenvalue weighted by Gasteiger charge is 2.18. The normalized spacial score (nSPS) is 10.9. The van der Waals surface area contributed by atoms with E-state index in [4.69, 9.17) is 4.74 Å². The van der Waals surface area contributed by atoms with Crippen molar-refractivity contribution in [3.63, 3.8) is 0 Å². The molecule has 10 heteroatoms. The van der Waals surface area contributed by atoms with Gasteiger partial charge in [0.1, 0.15) is 5.56 Å². The number of rotatable bonds is 6. The van der Waals surface area contributed by atoms with Gasteiger partial charge in [-0.15, -0.1) is 0 Å². The number of nitrogens with one attached hydrogen (secondary N) is 1. The van der Waals surface area contributed by atoms with E-state index in [0.29, 0.717) is 39.3 Å². The molecule has 1 aromatic carbocycles. The average molecular weight is 483 g/mol. The van der Waals surface area contributed by atoms with E-state index in [1.807, 2.05) is 25.1 Å². The van der Waals surface area contributed by atoms with Crippen LogP contribution in [0.1, 0.15) is 34.7 Å². The number of ether oxygens (including phenoxy) is 1. The second-order valence-electron chi connectivity index (χ2n) is 6.56. The predicted octanol–water partition coefficient (Wildman–Crippen LogP) is 3.80. The first-order chi connectivity index (χ1) is 15.0. The van der Waals surface area contributed by atoms with Gasteiger partial charge in [0.15, 0.2) is 11.3 Å². The van der Waals surface area contributed by atoms with Crippen LogP contribution in [0.4, 0.5) is 5.69 Å². The number of carbonyl (C=O) groups excluding carboxylic acids is 2. The molecule has 0 atom stereocenters. The molecular formula is C21H19BrN6O3. The van der Waals surface area contributed by atoms with Crippen LogP contribution in [0.25, 0.3) is 16.9 Å². The molecule has 3 aromatic heterocycles. The lowest BCUT2D eigenvalue weighted by atomic mass is 10.1. The first-order valence-corrected chi connectivity index (χ1v) is 10.5. The van der Waals surface area contributed by atoms with Crippen LogP contribution in [0.15, 0.2) is 53.4 Å². The lowest BCUT2D eigenvalue weighted by molar-refractivity contribution is 0.0528. The molecule has 4 aromatic rings. The number of aryl methyl sites for hydroxylation is 1. The molecule has 158 valence electrons. The van der Waals surface area contributed by atoms with Crippen LogP contribution in [-0.4, -0.2) is 42.9 Å². The Morgan fingerprint density at radius 2 is 2.06 bits per heavy atom. The zero-order valence-electron chi connectivity index (χ0n) is 16.9. The standard InChI is InChI=1S/C21H19BrN6O3/c1-3-27-12-16(22)18(26-27)20(29)25-14-7-5-6-13(10-14)17-8-9-23-19-15(11-24-28(17)19)21(30)31-4-2/h5-12H,3-4H2,1-2H3,(H,25,29). The maximum atomic E-state index is 12.7. The highest BCUT2D eigenvalue weighted by Crippen LogP contribution is 2.25. The number of nitrogens with zero attached hydrogens (tertiary/aromatic N) is 5. The minimum Gasteiger partial charge on any atom is -0.462 e. The monoisotopic (exact) mass is 482 g/mol. The van der Waals surface area contributed by atoms with Crippen molar-refractivity contribution in [2.45, 2.75) is 20.4 Å². The third kappa shape index (κ3) is 4.06. The van der Waals surface area contributed by atoms with Crippen LogP contribution < -0.4 is 5.32 Å². The zero-order valence-corrected chi connectivity index (χ0v) is 18.5. The van der Waals surface area contributed by atoms with Crippen LogP contribution in [0.5, 0.6) is 0 Å². The number of esters is 1. The van der Waals surface area contributed by atoms with Crippen molar-refractivity contribution in [3.8, 4) is 11.3 Å². The lowest BCUT2D eigenvalue weighted by Crippen LogP contribution is -2.14. The average Bonchev–Trinajstić information content (AvgIpc) is 3.37. The summed E-state index contributed by atoms with van der Waals surface area (Å²) in [5.74, 6) is -0.792. The minimum absolute atomic E-state index is 0.268. The molecule has 9 nitrogen and oxygen atoms in total. The van der Waals surface area contributed by atoms with Crippen molar-refractivity contribution in [1.82, 2.24) is 24.4 Å². The van der Waals surface area contributed by atoms with Gasteiger partial charge in [-0.05, 0) is 48.0 Å². The number of halogens is 1. The fourth-order valence-electron chi connectivity index (χ4n) is 3.12. The van der Waals surface area contributed by atoms with Crippen LogP contribution in [-0.2, 0) is 11.3 Å². The van der Waals surface area contributed by atoms with E-state index in [2.05, 4.69) is 36.4 Å². The topological polar surface area (TPSA) is 103 Å². The van der Waals surface area contributed by atoms with E-state index < -0.39 is 5.97 Å². The molecule has 1 N–H and O–H groups in total. The summed E-state index contributed by atoms with van der Waals surface area (Å²) in [7, 11) is 0. The number of carbonyl (C=O) groups is 2. The van der Waals surface area contributed by atoms with E-state index in [9.17, 15) is 9.59 Å². The Morgan fingerprint density at radius 3 is 2.81 bits per heavy atom. The number of anilines is 1. The SMILES string of the molecule is CCOC(=O)c1cnn2c(-c3cccc(NC(=O)c4nn(CC)cc4Br)c3)ccnc12. The van der Waals surface area contributed by atoms with Crippen molar-refractivity contribution >= 4 is 39.1 Å². The number of hydrogen-bond acceptors (Lipinski definition) is 6. The summed E-state index contributed by atoms with van der Waals surface area (Å²) in [6.45, 7) is 4.62. The smallest absolute Gasteiger partial charge is 0.343 e. The van der Waals surface area contributed by atoms with Gasteiger partial charge in [0, 0.05) is 30.2 Å². The first-order valence-electron chi connectivity index (χ1n) is 9.66. The van der Waals surface area contributed by atoms with Gasteiger partial charge in [0.25, 0.3) is 5.91 Å². The van der Waals surface area contributed by atoms with Gasteiger partial charge in [0.05, 0.1) is 23.0 Å². The summed E-state index contributed by atoms with van der Waals surface area (Å²) in [4.78, 5) is 29.1. The van der Waals surface area contributed by atoms with Gasteiger partial charge in [-0.1, -0.05) is 12.1 Å². The third-order valence-electron chi connectivity index (χ3n) is 4.57. The number of hydrogen-bond donors (Lipinski definition) is 1. The Bertz CT molecular complexity index is 1280. The Kier molecular flexibility index (Phi) is 5.81. The van der Waals surface area contributed by atoms with E-state index in [1.165, 1.54) is 6.20 Å². The van der Waals surface area contributed by atoms with Crippen LogP contribution in [0.3, 0.4) is 0 Å². The van der Waals surface area contributed by atoms with Crippen molar-refractivity contribution in [3.05, 3.63) is 64.7 Å². The summed E-state index contributed by atoms with van der Waals surface area (Å²) in [6, 6.07) is 9.11. The van der Waals surface area contributed by atoms with Crippen molar-refractivity contribution < 1.29 is 14.3 Å². The molecule has 0 aliphatic rings. The van der Waals surface area contributed by atoms with Crippen LogP contribution in [0.2, 0.25) is 0 Å². The van der Waals surface area contributed by atoms with E-state index in [-0.39, 0.29) is 12.5 Å². The van der Waals surface area contributed by atoms with Gasteiger partial charge in [-0.25, -0.2) is 14.3 Å². The summed E-state index contributed by atoms with van der Waals surface area (Å²) in [6.07, 6.45) is 4.81. The molecule has 0 saturated carbocycles. The highest BCUT2D eigenvalue weighted by molar-refractivity contribution is 9.10.